The molecule has 0 saturated carbocycles. The maximum atomic E-state index is 15.5. The molecular weight excluding hydrogens is 397 g/mol. The molecule has 0 saturated heterocycles. The molecule has 4 rings (SSSR count). The van der Waals surface area contributed by atoms with Crippen LogP contribution in [0.15, 0.2) is 78.9 Å². The Hall–Kier alpha value is -3.27. The van der Waals surface area contributed by atoms with E-state index < -0.39 is 23.6 Å². The van der Waals surface area contributed by atoms with Gasteiger partial charge in [0.15, 0.2) is 17.4 Å². The molecule has 0 aliphatic heterocycles. The zero-order valence-electron chi connectivity index (χ0n) is 17.4. The van der Waals surface area contributed by atoms with Gasteiger partial charge in [-0.1, -0.05) is 67.6 Å². The molecule has 2 unspecified atom stereocenters. The molecule has 0 fully saturated rings. The van der Waals surface area contributed by atoms with Crippen LogP contribution in [0.25, 0.3) is 21.9 Å². The summed E-state index contributed by atoms with van der Waals surface area (Å²) in [6.07, 6.45) is -0.532. The Morgan fingerprint density at radius 2 is 1.35 bits per heavy atom. The molecule has 158 valence electrons. The molecule has 4 aromatic rings. The van der Waals surface area contributed by atoms with Crippen LogP contribution < -0.4 is 4.74 Å². The van der Waals surface area contributed by atoms with Gasteiger partial charge in [0.1, 0.15) is 6.17 Å². The van der Waals surface area contributed by atoms with Crippen LogP contribution in [0.2, 0.25) is 0 Å². The van der Waals surface area contributed by atoms with Gasteiger partial charge in [-0.2, -0.15) is 0 Å². The van der Waals surface area contributed by atoms with Gasteiger partial charge in [-0.25, -0.2) is 13.2 Å². The van der Waals surface area contributed by atoms with Gasteiger partial charge in [0, 0.05) is 5.92 Å². The standard InChI is InChI=1S/C27H23F3O/c1-3-23(26(30)21-13-10-17-6-4-5-7-20(17)14-21)19-11-8-18(9-12-19)22-15-24(28)27(31-2)25(29)16-22/h4-16,23,26H,3H2,1-2H3. The van der Waals surface area contributed by atoms with Crippen LogP contribution in [0.5, 0.6) is 5.75 Å². The maximum absolute atomic E-state index is 15.5. The molecule has 0 radical (unpaired) electrons. The van der Waals surface area contributed by atoms with Crippen molar-refractivity contribution in [2.45, 2.75) is 25.4 Å². The molecule has 0 aliphatic rings. The molecule has 4 heteroatoms. The predicted octanol–water partition coefficient (Wildman–Crippen LogP) is 8.00. The summed E-state index contributed by atoms with van der Waals surface area (Å²) in [6.45, 7) is 1.96. The van der Waals surface area contributed by atoms with Crippen molar-refractivity contribution in [3.63, 3.8) is 0 Å². The second-order valence-corrected chi connectivity index (χ2v) is 7.62. The minimum absolute atomic E-state index is 0.320. The van der Waals surface area contributed by atoms with Gasteiger partial charge in [0.2, 0.25) is 0 Å². The van der Waals surface area contributed by atoms with Crippen LogP contribution in [-0.2, 0) is 0 Å². The second-order valence-electron chi connectivity index (χ2n) is 7.62. The van der Waals surface area contributed by atoms with E-state index in [-0.39, 0.29) is 5.92 Å². The van der Waals surface area contributed by atoms with Crippen molar-refractivity contribution in [3.8, 4) is 16.9 Å². The van der Waals surface area contributed by atoms with E-state index in [4.69, 9.17) is 4.74 Å². The second kappa shape index (κ2) is 8.84. The molecular formula is C27H23F3O. The van der Waals surface area contributed by atoms with Crippen molar-refractivity contribution < 1.29 is 17.9 Å². The van der Waals surface area contributed by atoms with E-state index in [2.05, 4.69) is 0 Å². The molecule has 4 aromatic carbocycles. The molecule has 0 heterocycles. The summed E-state index contributed by atoms with van der Waals surface area (Å²) in [5.74, 6) is -2.23. The van der Waals surface area contributed by atoms with Crippen molar-refractivity contribution in [2.24, 2.45) is 0 Å². The number of fused-ring (bicyclic) bond motifs is 1. The molecule has 0 bridgehead atoms. The first-order valence-electron chi connectivity index (χ1n) is 10.3. The Bertz CT molecular complexity index is 1180. The van der Waals surface area contributed by atoms with E-state index in [1.807, 2.05) is 61.5 Å². The predicted molar refractivity (Wildman–Crippen MR) is 119 cm³/mol. The molecule has 0 N–H and O–H groups in total. The summed E-state index contributed by atoms with van der Waals surface area (Å²) in [5.41, 5.74) is 2.55. The van der Waals surface area contributed by atoms with Crippen LogP contribution >= 0.6 is 0 Å². The highest BCUT2D eigenvalue weighted by Crippen LogP contribution is 2.38. The minimum Gasteiger partial charge on any atom is -0.491 e. The molecule has 0 spiro atoms. The van der Waals surface area contributed by atoms with Crippen LogP contribution in [0.1, 0.15) is 36.6 Å². The average Bonchev–Trinajstić information content (AvgIpc) is 2.79. The highest BCUT2D eigenvalue weighted by Gasteiger charge is 2.23. The monoisotopic (exact) mass is 420 g/mol. The van der Waals surface area contributed by atoms with Crippen molar-refractivity contribution in [2.75, 3.05) is 7.11 Å². The van der Waals surface area contributed by atoms with Gasteiger partial charge in [-0.3, -0.25) is 0 Å². The summed E-state index contributed by atoms with van der Waals surface area (Å²) in [7, 11) is 1.23. The fourth-order valence-corrected chi connectivity index (χ4v) is 4.07. The zero-order valence-corrected chi connectivity index (χ0v) is 17.4. The van der Waals surface area contributed by atoms with E-state index in [0.29, 0.717) is 23.1 Å². The van der Waals surface area contributed by atoms with E-state index in [1.165, 1.54) is 19.2 Å². The Kier molecular flexibility index (Phi) is 5.99. The first kappa shape index (κ1) is 21.0. The number of rotatable bonds is 6. The van der Waals surface area contributed by atoms with Gasteiger partial charge in [0.25, 0.3) is 0 Å². The SMILES string of the molecule is CCC(c1ccc(-c2cc(F)c(OC)c(F)c2)cc1)C(F)c1ccc2ccccc2c1. The average molecular weight is 420 g/mol. The molecule has 31 heavy (non-hydrogen) atoms. The van der Waals surface area contributed by atoms with Crippen LogP contribution in [0, 0.1) is 11.6 Å². The quantitative estimate of drug-likeness (QED) is 0.307. The zero-order chi connectivity index (χ0) is 22.0. The Balaban J connectivity index is 1.62. The highest BCUT2D eigenvalue weighted by atomic mass is 19.1. The van der Waals surface area contributed by atoms with Gasteiger partial charge in [0.05, 0.1) is 7.11 Å². The van der Waals surface area contributed by atoms with Gasteiger partial charge in [-0.15, -0.1) is 0 Å². The van der Waals surface area contributed by atoms with Crippen LogP contribution in [0.4, 0.5) is 13.2 Å². The lowest BCUT2D eigenvalue weighted by Crippen LogP contribution is -2.06. The van der Waals surface area contributed by atoms with Gasteiger partial charge >= 0.3 is 0 Å². The van der Waals surface area contributed by atoms with Crippen molar-refractivity contribution >= 4 is 10.8 Å². The third-order valence-electron chi connectivity index (χ3n) is 5.76. The fraction of sp³-hybridized carbons (Fsp3) is 0.185. The first-order valence-corrected chi connectivity index (χ1v) is 10.3. The van der Waals surface area contributed by atoms with Gasteiger partial charge in [-0.05, 0) is 57.6 Å². The van der Waals surface area contributed by atoms with E-state index in [9.17, 15) is 8.78 Å². The van der Waals surface area contributed by atoms with Crippen molar-refractivity contribution in [3.05, 3.63) is 102 Å². The largest absolute Gasteiger partial charge is 0.491 e. The molecule has 0 amide bonds. The van der Waals surface area contributed by atoms with Gasteiger partial charge < -0.3 is 4.74 Å². The summed E-state index contributed by atoms with van der Waals surface area (Å²) in [5, 5.41) is 2.09. The normalized spacial score (nSPS) is 13.2. The first-order chi connectivity index (χ1) is 15.0. The number of hydrogen-bond donors (Lipinski definition) is 0. The molecule has 1 nitrogen and oxygen atoms in total. The topological polar surface area (TPSA) is 9.23 Å². The summed E-state index contributed by atoms with van der Waals surface area (Å²) < 4.78 is 48.3. The third kappa shape index (κ3) is 4.15. The third-order valence-corrected chi connectivity index (χ3v) is 5.76. The number of hydrogen-bond acceptors (Lipinski definition) is 1. The molecule has 2 atom stereocenters. The van der Waals surface area contributed by atoms with Crippen LogP contribution in [0.3, 0.4) is 0 Å². The number of alkyl halides is 1. The van der Waals surface area contributed by atoms with E-state index in [0.717, 1.165) is 16.3 Å². The lowest BCUT2D eigenvalue weighted by molar-refractivity contribution is 0.282. The smallest absolute Gasteiger partial charge is 0.190 e. The summed E-state index contributed by atoms with van der Waals surface area (Å²) in [4.78, 5) is 0. The van der Waals surface area contributed by atoms with E-state index in [1.54, 1.807) is 12.1 Å². The lowest BCUT2D eigenvalue weighted by atomic mass is 9.86. The Labute approximate surface area is 180 Å². The Morgan fingerprint density at radius 3 is 1.97 bits per heavy atom. The lowest BCUT2D eigenvalue weighted by Gasteiger charge is -2.21. The van der Waals surface area contributed by atoms with E-state index >= 15 is 4.39 Å². The summed E-state index contributed by atoms with van der Waals surface area (Å²) >= 11 is 0. The molecule has 0 aromatic heterocycles. The fourth-order valence-electron chi connectivity index (χ4n) is 4.07. The maximum Gasteiger partial charge on any atom is 0.190 e. The number of halogens is 3. The number of benzene rings is 4. The highest BCUT2D eigenvalue weighted by molar-refractivity contribution is 5.83. The number of methoxy groups -OCH3 is 1. The minimum atomic E-state index is -1.16. The van der Waals surface area contributed by atoms with Crippen molar-refractivity contribution in [1.29, 1.82) is 0 Å². The van der Waals surface area contributed by atoms with Crippen molar-refractivity contribution in [1.82, 2.24) is 0 Å². The molecule has 0 aliphatic carbocycles. The van der Waals surface area contributed by atoms with Crippen LogP contribution in [-0.4, -0.2) is 7.11 Å². The summed E-state index contributed by atoms with van der Waals surface area (Å²) in [6, 6.07) is 23.3. The number of ether oxygens (including phenoxy) is 1. The Morgan fingerprint density at radius 1 is 0.742 bits per heavy atom.